The van der Waals surface area contributed by atoms with Gasteiger partial charge in [-0.15, -0.1) is 0 Å². The lowest BCUT2D eigenvalue weighted by molar-refractivity contribution is 0.306. The van der Waals surface area contributed by atoms with E-state index in [0.717, 1.165) is 31.6 Å². The number of unbranched alkanes of at least 4 members (excludes halogenated alkanes) is 1. The van der Waals surface area contributed by atoms with Crippen molar-refractivity contribution in [1.29, 1.82) is 0 Å². The molecule has 1 aromatic heterocycles. The molecule has 0 saturated carbocycles. The van der Waals surface area contributed by atoms with Gasteiger partial charge < -0.3 is 14.6 Å². The van der Waals surface area contributed by atoms with Crippen LogP contribution in [0.5, 0.6) is 5.75 Å². The van der Waals surface area contributed by atoms with Crippen molar-refractivity contribution >= 4 is 0 Å². The highest BCUT2D eigenvalue weighted by atomic mass is 16.3. The average Bonchev–Trinajstić information content (AvgIpc) is 2.30. The van der Waals surface area contributed by atoms with Crippen LogP contribution in [-0.4, -0.2) is 28.2 Å². The van der Waals surface area contributed by atoms with Gasteiger partial charge in [-0.25, -0.2) is 0 Å². The highest BCUT2D eigenvalue weighted by Crippen LogP contribution is 2.14. The molecule has 0 saturated heterocycles. The Kier molecular flexibility index (Phi) is 5.41. The van der Waals surface area contributed by atoms with Crippen LogP contribution in [0.2, 0.25) is 0 Å². The van der Waals surface area contributed by atoms with Gasteiger partial charge in [0.15, 0.2) is 5.75 Å². The summed E-state index contributed by atoms with van der Waals surface area (Å²) in [6, 6.07) is 1.77. The minimum atomic E-state index is -0.300. The predicted octanol–water partition coefficient (Wildman–Crippen LogP) is 2.37. The van der Waals surface area contributed by atoms with Gasteiger partial charge >= 0.3 is 0 Å². The molecule has 4 heteroatoms. The van der Waals surface area contributed by atoms with E-state index >= 15 is 0 Å². The molecule has 0 atom stereocenters. The fraction of sp³-hybridized carbons (Fsp3) is 0.643. The molecular formula is C14H24N2O2. The van der Waals surface area contributed by atoms with Crippen LogP contribution >= 0.6 is 0 Å². The maximum atomic E-state index is 11.5. The zero-order chi connectivity index (χ0) is 13.7. The molecule has 0 amide bonds. The summed E-state index contributed by atoms with van der Waals surface area (Å²) in [5.74, 6) is -0.177. The monoisotopic (exact) mass is 252 g/mol. The summed E-state index contributed by atoms with van der Waals surface area (Å²) in [4.78, 5) is 13.7. The van der Waals surface area contributed by atoms with E-state index in [2.05, 4.69) is 18.9 Å². The smallest absolute Gasteiger partial charge is 0.223 e. The van der Waals surface area contributed by atoms with Gasteiger partial charge in [0.1, 0.15) is 0 Å². The summed E-state index contributed by atoms with van der Waals surface area (Å²) in [6.07, 6.45) is 3.85. The largest absolute Gasteiger partial charge is 0.503 e. The first-order valence-corrected chi connectivity index (χ1v) is 6.58. The molecule has 0 aliphatic rings. The minimum absolute atomic E-state index is 0.177. The number of nitrogens with zero attached hydrogens (tertiary/aromatic N) is 2. The number of hydrogen-bond acceptors (Lipinski definition) is 3. The number of aromatic hydroxyl groups is 1. The Labute approximate surface area is 109 Å². The highest BCUT2D eigenvalue weighted by molar-refractivity contribution is 5.21. The molecule has 18 heavy (non-hydrogen) atoms. The van der Waals surface area contributed by atoms with Crippen LogP contribution in [0.15, 0.2) is 17.1 Å². The second kappa shape index (κ2) is 6.59. The van der Waals surface area contributed by atoms with Gasteiger partial charge in [-0.05, 0) is 33.9 Å². The van der Waals surface area contributed by atoms with E-state index in [9.17, 15) is 9.90 Å². The van der Waals surface area contributed by atoms with Crippen molar-refractivity contribution in [2.75, 3.05) is 13.6 Å². The van der Waals surface area contributed by atoms with E-state index in [1.807, 2.05) is 18.4 Å². The van der Waals surface area contributed by atoms with Gasteiger partial charge in [0.25, 0.3) is 0 Å². The zero-order valence-electron chi connectivity index (χ0n) is 11.8. The van der Waals surface area contributed by atoms with Crippen LogP contribution in [0.25, 0.3) is 0 Å². The van der Waals surface area contributed by atoms with Gasteiger partial charge in [-0.2, -0.15) is 0 Å². The van der Waals surface area contributed by atoms with Gasteiger partial charge in [0.2, 0.25) is 5.43 Å². The van der Waals surface area contributed by atoms with Crippen molar-refractivity contribution in [2.24, 2.45) is 0 Å². The number of pyridine rings is 1. The molecule has 4 nitrogen and oxygen atoms in total. The first-order valence-electron chi connectivity index (χ1n) is 6.58. The van der Waals surface area contributed by atoms with E-state index in [1.165, 1.54) is 12.3 Å². The second-order valence-corrected chi connectivity index (χ2v) is 5.11. The van der Waals surface area contributed by atoms with Gasteiger partial charge in [0.05, 0.1) is 6.20 Å². The second-order valence-electron chi connectivity index (χ2n) is 5.11. The van der Waals surface area contributed by atoms with Gasteiger partial charge in [-0.3, -0.25) is 4.79 Å². The van der Waals surface area contributed by atoms with E-state index in [-0.39, 0.29) is 17.2 Å². The van der Waals surface area contributed by atoms with Crippen molar-refractivity contribution in [2.45, 2.75) is 46.2 Å². The Bertz CT molecular complexity index is 438. The standard InChI is InChI=1S/C14H24N2O2/c1-5-6-7-15(4)9-12-8-13(17)14(18)10-16(12)11(2)3/h8,10-11,18H,5-7,9H2,1-4H3. The number of aromatic nitrogens is 1. The normalized spacial score (nSPS) is 11.4. The minimum Gasteiger partial charge on any atom is -0.503 e. The zero-order valence-corrected chi connectivity index (χ0v) is 11.8. The summed E-state index contributed by atoms with van der Waals surface area (Å²) >= 11 is 0. The summed E-state index contributed by atoms with van der Waals surface area (Å²) in [5, 5.41) is 9.50. The average molecular weight is 252 g/mol. The molecule has 0 spiro atoms. The topological polar surface area (TPSA) is 45.5 Å². The molecule has 1 aromatic rings. The summed E-state index contributed by atoms with van der Waals surface area (Å²) < 4.78 is 1.96. The van der Waals surface area contributed by atoms with E-state index in [0.29, 0.717) is 0 Å². The Morgan fingerprint density at radius 2 is 2.11 bits per heavy atom. The fourth-order valence-corrected chi connectivity index (χ4v) is 1.97. The summed E-state index contributed by atoms with van der Waals surface area (Å²) in [6.45, 7) is 7.99. The van der Waals surface area contributed by atoms with E-state index in [1.54, 1.807) is 0 Å². The molecule has 1 rings (SSSR count). The summed E-state index contributed by atoms with van der Waals surface area (Å²) in [5.41, 5.74) is 0.650. The molecular weight excluding hydrogens is 228 g/mol. The first-order chi connectivity index (χ1) is 8.45. The molecule has 1 N–H and O–H groups in total. The van der Waals surface area contributed by atoms with Gasteiger partial charge in [0, 0.05) is 24.3 Å². The number of rotatable bonds is 6. The molecule has 1 heterocycles. The molecule has 0 fully saturated rings. The van der Waals surface area contributed by atoms with E-state index < -0.39 is 0 Å². The van der Waals surface area contributed by atoms with Crippen LogP contribution in [0, 0.1) is 0 Å². The Hall–Kier alpha value is -1.29. The summed E-state index contributed by atoms with van der Waals surface area (Å²) in [7, 11) is 2.05. The molecule has 0 unspecified atom stereocenters. The fourth-order valence-electron chi connectivity index (χ4n) is 1.97. The molecule has 0 aliphatic carbocycles. The van der Waals surface area contributed by atoms with Crippen molar-refractivity contribution < 1.29 is 5.11 Å². The Balaban J connectivity index is 2.93. The van der Waals surface area contributed by atoms with Crippen molar-refractivity contribution in [3.05, 3.63) is 28.2 Å². The lowest BCUT2D eigenvalue weighted by Gasteiger charge is -2.22. The molecule has 0 aliphatic heterocycles. The predicted molar refractivity (Wildman–Crippen MR) is 74.0 cm³/mol. The highest BCUT2D eigenvalue weighted by Gasteiger charge is 2.10. The SMILES string of the molecule is CCCCN(C)Cc1cc(=O)c(O)cn1C(C)C. The van der Waals surface area contributed by atoms with Crippen LogP contribution in [0.1, 0.15) is 45.3 Å². The van der Waals surface area contributed by atoms with Crippen molar-refractivity contribution in [3.63, 3.8) is 0 Å². The Morgan fingerprint density at radius 1 is 1.44 bits per heavy atom. The van der Waals surface area contributed by atoms with Gasteiger partial charge in [-0.1, -0.05) is 13.3 Å². The maximum absolute atomic E-state index is 11.5. The quantitative estimate of drug-likeness (QED) is 0.845. The molecule has 0 aromatic carbocycles. The first kappa shape index (κ1) is 14.8. The van der Waals surface area contributed by atoms with Crippen LogP contribution in [0.3, 0.4) is 0 Å². The maximum Gasteiger partial charge on any atom is 0.223 e. The van der Waals surface area contributed by atoms with Crippen LogP contribution in [-0.2, 0) is 6.54 Å². The third-order valence-electron chi connectivity index (χ3n) is 3.02. The third kappa shape index (κ3) is 3.88. The Morgan fingerprint density at radius 3 is 2.67 bits per heavy atom. The van der Waals surface area contributed by atoms with Crippen LogP contribution in [0.4, 0.5) is 0 Å². The molecule has 102 valence electrons. The lowest BCUT2D eigenvalue weighted by atomic mass is 10.2. The van der Waals surface area contributed by atoms with Crippen LogP contribution < -0.4 is 5.43 Å². The van der Waals surface area contributed by atoms with Crippen molar-refractivity contribution in [1.82, 2.24) is 9.47 Å². The third-order valence-corrected chi connectivity index (χ3v) is 3.02. The lowest BCUT2D eigenvalue weighted by Crippen LogP contribution is -2.24. The molecule has 0 radical (unpaired) electrons. The van der Waals surface area contributed by atoms with E-state index in [4.69, 9.17) is 0 Å². The molecule has 0 bridgehead atoms. The number of hydrogen-bond donors (Lipinski definition) is 1. The van der Waals surface area contributed by atoms with Crippen molar-refractivity contribution in [3.8, 4) is 5.75 Å².